The molecule has 0 saturated heterocycles. The highest BCUT2D eigenvalue weighted by atomic mass is 32.2. The standard InChI is InChI=1S/C15H14N4OS/c1-8-2-5-12-13(6-8)19-15(18-12)21-9-3-4-11(16)10(7-9)14(17)20/h2-7H,16H2,1H3,(H2,17,20)(H,18,19). The van der Waals surface area contributed by atoms with Gasteiger partial charge in [0.15, 0.2) is 5.16 Å². The number of hydrogen-bond donors (Lipinski definition) is 3. The van der Waals surface area contributed by atoms with Crippen molar-refractivity contribution >= 4 is 34.4 Å². The van der Waals surface area contributed by atoms with Crippen LogP contribution in [0.3, 0.4) is 0 Å². The van der Waals surface area contributed by atoms with Crippen LogP contribution in [-0.2, 0) is 0 Å². The van der Waals surface area contributed by atoms with E-state index in [1.165, 1.54) is 17.3 Å². The van der Waals surface area contributed by atoms with Gasteiger partial charge in [0.25, 0.3) is 5.91 Å². The van der Waals surface area contributed by atoms with Gasteiger partial charge in [0.2, 0.25) is 0 Å². The van der Waals surface area contributed by atoms with E-state index in [0.29, 0.717) is 11.3 Å². The fourth-order valence-corrected chi connectivity index (χ4v) is 2.91. The lowest BCUT2D eigenvalue weighted by atomic mass is 10.2. The van der Waals surface area contributed by atoms with Crippen LogP contribution in [0.1, 0.15) is 15.9 Å². The number of nitrogens with two attached hydrogens (primary N) is 2. The molecule has 2 aromatic carbocycles. The van der Waals surface area contributed by atoms with Crippen LogP contribution in [0.4, 0.5) is 5.69 Å². The molecule has 0 fully saturated rings. The summed E-state index contributed by atoms with van der Waals surface area (Å²) in [4.78, 5) is 19.9. The Morgan fingerprint density at radius 1 is 1.24 bits per heavy atom. The van der Waals surface area contributed by atoms with Crippen molar-refractivity contribution in [2.45, 2.75) is 17.0 Å². The molecule has 1 aromatic heterocycles. The molecule has 0 atom stereocenters. The lowest BCUT2D eigenvalue weighted by Crippen LogP contribution is -2.13. The number of aromatic nitrogens is 2. The first-order valence-corrected chi connectivity index (χ1v) is 7.18. The predicted molar refractivity (Wildman–Crippen MR) is 84.3 cm³/mol. The Hall–Kier alpha value is -2.47. The van der Waals surface area contributed by atoms with Crippen LogP contribution in [0, 0.1) is 6.92 Å². The van der Waals surface area contributed by atoms with E-state index in [2.05, 4.69) is 9.97 Å². The van der Waals surface area contributed by atoms with E-state index in [1.807, 2.05) is 31.2 Å². The fourth-order valence-electron chi connectivity index (χ4n) is 2.07. The Labute approximate surface area is 125 Å². The molecular weight excluding hydrogens is 284 g/mol. The van der Waals surface area contributed by atoms with E-state index >= 15 is 0 Å². The van der Waals surface area contributed by atoms with Crippen molar-refractivity contribution in [1.82, 2.24) is 9.97 Å². The summed E-state index contributed by atoms with van der Waals surface area (Å²) in [6.45, 7) is 2.03. The third-order valence-corrected chi connectivity index (χ3v) is 4.00. The third-order valence-electron chi connectivity index (χ3n) is 3.12. The number of nitrogen functional groups attached to an aromatic ring is 1. The van der Waals surface area contributed by atoms with Gasteiger partial charge < -0.3 is 16.5 Å². The van der Waals surface area contributed by atoms with Gasteiger partial charge in [-0.15, -0.1) is 0 Å². The van der Waals surface area contributed by atoms with Crippen molar-refractivity contribution in [2.75, 3.05) is 5.73 Å². The number of nitrogens with one attached hydrogen (secondary N) is 1. The molecule has 1 heterocycles. The van der Waals surface area contributed by atoms with Crippen LogP contribution in [0.15, 0.2) is 46.5 Å². The average molecular weight is 298 g/mol. The van der Waals surface area contributed by atoms with Gasteiger partial charge in [-0.2, -0.15) is 0 Å². The zero-order chi connectivity index (χ0) is 15.0. The molecule has 0 radical (unpaired) electrons. The number of rotatable bonds is 3. The van der Waals surface area contributed by atoms with Gasteiger partial charge in [-0.05, 0) is 42.8 Å². The van der Waals surface area contributed by atoms with Crippen LogP contribution in [0.5, 0.6) is 0 Å². The smallest absolute Gasteiger partial charge is 0.250 e. The summed E-state index contributed by atoms with van der Waals surface area (Å²) in [7, 11) is 0. The number of imidazole rings is 1. The molecule has 6 heteroatoms. The molecule has 0 saturated carbocycles. The maximum atomic E-state index is 11.3. The topological polar surface area (TPSA) is 97.8 Å². The highest BCUT2D eigenvalue weighted by Crippen LogP contribution is 2.29. The number of hydrogen-bond acceptors (Lipinski definition) is 4. The lowest BCUT2D eigenvalue weighted by Gasteiger charge is -2.04. The Morgan fingerprint density at radius 3 is 2.81 bits per heavy atom. The zero-order valence-electron chi connectivity index (χ0n) is 11.4. The molecule has 3 aromatic rings. The van der Waals surface area contributed by atoms with E-state index in [-0.39, 0.29) is 0 Å². The fraction of sp³-hybridized carbons (Fsp3) is 0.0667. The summed E-state index contributed by atoms with van der Waals surface area (Å²) in [5.74, 6) is -0.532. The minimum Gasteiger partial charge on any atom is -0.398 e. The lowest BCUT2D eigenvalue weighted by molar-refractivity contribution is 0.100. The summed E-state index contributed by atoms with van der Waals surface area (Å²) >= 11 is 1.43. The second kappa shape index (κ2) is 5.14. The number of nitrogens with zero attached hydrogens (tertiary/aromatic N) is 1. The number of H-pyrrole nitrogens is 1. The second-order valence-corrected chi connectivity index (χ2v) is 5.84. The minimum atomic E-state index is -0.532. The van der Waals surface area contributed by atoms with Crippen molar-refractivity contribution < 1.29 is 4.79 Å². The maximum Gasteiger partial charge on any atom is 0.250 e. The number of aryl methyl sites for hydroxylation is 1. The SMILES string of the molecule is Cc1ccc2nc(Sc3ccc(N)c(C(N)=O)c3)[nH]c2c1. The van der Waals surface area contributed by atoms with Crippen molar-refractivity contribution in [3.8, 4) is 0 Å². The molecule has 21 heavy (non-hydrogen) atoms. The van der Waals surface area contributed by atoms with Crippen LogP contribution in [0.25, 0.3) is 11.0 Å². The molecule has 5 N–H and O–H groups in total. The van der Waals surface area contributed by atoms with E-state index in [4.69, 9.17) is 11.5 Å². The van der Waals surface area contributed by atoms with Gasteiger partial charge in [-0.1, -0.05) is 17.8 Å². The van der Waals surface area contributed by atoms with Crippen LogP contribution >= 0.6 is 11.8 Å². The molecular formula is C15H14N4OS. The highest BCUT2D eigenvalue weighted by molar-refractivity contribution is 7.99. The molecule has 3 rings (SSSR count). The molecule has 0 spiro atoms. The number of aromatic amines is 1. The van der Waals surface area contributed by atoms with Crippen LogP contribution in [0.2, 0.25) is 0 Å². The molecule has 1 amide bonds. The number of primary amides is 1. The van der Waals surface area contributed by atoms with E-state index in [1.54, 1.807) is 12.1 Å². The first kappa shape index (κ1) is 13.5. The van der Waals surface area contributed by atoms with Crippen molar-refractivity contribution in [3.63, 3.8) is 0 Å². The van der Waals surface area contributed by atoms with Gasteiger partial charge >= 0.3 is 0 Å². The van der Waals surface area contributed by atoms with Crippen molar-refractivity contribution in [2.24, 2.45) is 5.73 Å². The summed E-state index contributed by atoms with van der Waals surface area (Å²) in [6.07, 6.45) is 0. The number of amides is 1. The Bertz CT molecular complexity index is 841. The monoisotopic (exact) mass is 298 g/mol. The normalized spacial score (nSPS) is 10.9. The first-order valence-electron chi connectivity index (χ1n) is 6.36. The summed E-state index contributed by atoms with van der Waals surface area (Å²) in [6, 6.07) is 11.2. The quantitative estimate of drug-likeness (QED) is 0.647. The molecule has 0 bridgehead atoms. The van der Waals surface area contributed by atoms with Gasteiger partial charge in [0, 0.05) is 10.6 Å². The summed E-state index contributed by atoms with van der Waals surface area (Å²) in [5, 5.41) is 0.760. The second-order valence-electron chi connectivity index (χ2n) is 4.78. The third kappa shape index (κ3) is 2.71. The van der Waals surface area contributed by atoms with Gasteiger partial charge in [0.05, 0.1) is 16.6 Å². The number of carbonyl (C=O) groups excluding carboxylic acids is 1. The molecule has 0 aliphatic heterocycles. The van der Waals surface area contributed by atoms with E-state index < -0.39 is 5.91 Å². The number of benzene rings is 2. The molecule has 0 unspecified atom stereocenters. The summed E-state index contributed by atoms with van der Waals surface area (Å²) < 4.78 is 0. The van der Waals surface area contributed by atoms with E-state index in [9.17, 15) is 4.79 Å². The number of fused-ring (bicyclic) bond motifs is 1. The minimum absolute atomic E-state index is 0.326. The molecule has 106 valence electrons. The molecule has 0 aliphatic rings. The number of carbonyl (C=O) groups is 1. The van der Waals surface area contributed by atoms with E-state index in [0.717, 1.165) is 21.1 Å². The largest absolute Gasteiger partial charge is 0.398 e. The Morgan fingerprint density at radius 2 is 2.05 bits per heavy atom. The summed E-state index contributed by atoms with van der Waals surface area (Å²) in [5.41, 5.74) is 14.8. The first-order chi connectivity index (χ1) is 10.0. The van der Waals surface area contributed by atoms with Crippen LogP contribution in [-0.4, -0.2) is 15.9 Å². The van der Waals surface area contributed by atoms with Gasteiger partial charge in [0.1, 0.15) is 0 Å². The zero-order valence-corrected chi connectivity index (χ0v) is 12.2. The Balaban J connectivity index is 1.94. The number of anilines is 1. The average Bonchev–Trinajstić information content (AvgIpc) is 2.82. The van der Waals surface area contributed by atoms with Crippen molar-refractivity contribution in [1.29, 1.82) is 0 Å². The molecule has 5 nitrogen and oxygen atoms in total. The van der Waals surface area contributed by atoms with Crippen molar-refractivity contribution in [3.05, 3.63) is 47.5 Å². The van der Waals surface area contributed by atoms with Gasteiger partial charge in [-0.25, -0.2) is 4.98 Å². The molecule has 0 aliphatic carbocycles. The predicted octanol–water partition coefficient (Wildman–Crippen LogP) is 2.70. The van der Waals surface area contributed by atoms with Gasteiger partial charge in [-0.3, -0.25) is 4.79 Å². The maximum absolute atomic E-state index is 11.3. The van der Waals surface area contributed by atoms with Crippen LogP contribution < -0.4 is 11.5 Å². The Kier molecular flexibility index (Phi) is 3.31. The highest BCUT2D eigenvalue weighted by Gasteiger charge is 2.09.